The number of carbonyl (C=O) groups is 1. The molecular weight excluding hydrogens is 268 g/mol. The highest BCUT2D eigenvalue weighted by molar-refractivity contribution is 7.86. The van der Waals surface area contributed by atoms with Crippen LogP contribution >= 0.6 is 0 Å². The average Bonchev–Trinajstić information content (AvgIpc) is 2.35. The summed E-state index contributed by atoms with van der Waals surface area (Å²) in [6.45, 7) is 6.76. The molecule has 1 aliphatic rings. The third-order valence-electron chi connectivity index (χ3n) is 3.65. The van der Waals surface area contributed by atoms with Gasteiger partial charge in [0.05, 0.1) is 5.92 Å². The van der Waals surface area contributed by atoms with Gasteiger partial charge in [-0.25, -0.2) is 0 Å². The normalized spacial score (nSPS) is 20.6. The average molecular weight is 292 g/mol. The molecule has 1 saturated heterocycles. The predicted molar refractivity (Wildman–Crippen MR) is 72.9 cm³/mol. The zero-order chi connectivity index (χ0) is 14.6. The van der Waals surface area contributed by atoms with Crippen LogP contribution in [0, 0.1) is 11.8 Å². The van der Waals surface area contributed by atoms with Gasteiger partial charge in [0.1, 0.15) is 0 Å². The van der Waals surface area contributed by atoms with E-state index in [2.05, 4.69) is 6.92 Å². The van der Waals surface area contributed by atoms with Gasteiger partial charge in [-0.15, -0.1) is 0 Å². The van der Waals surface area contributed by atoms with E-state index < -0.39 is 22.1 Å². The Morgan fingerprint density at radius 1 is 1.42 bits per heavy atom. The van der Waals surface area contributed by atoms with Crippen LogP contribution in [0.2, 0.25) is 0 Å². The van der Waals surface area contributed by atoms with Crippen LogP contribution in [0.15, 0.2) is 0 Å². The second kappa shape index (κ2) is 6.67. The first-order valence-electron chi connectivity index (χ1n) is 6.77. The summed E-state index contributed by atoms with van der Waals surface area (Å²) in [5, 5.41) is 8.90. The maximum Gasteiger partial charge on any atom is 0.307 e. The first-order chi connectivity index (χ1) is 8.78. The van der Waals surface area contributed by atoms with Crippen LogP contribution in [0.25, 0.3) is 0 Å². The first kappa shape index (κ1) is 16.4. The third kappa shape index (κ3) is 4.15. The number of hydrogen-bond acceptors (Lipinski definition) is 3. The monoisotopic (exact) mass is 292 g/mol. The SMILES string of the molecule is CCN(CC(C)C(=O)O)S(=O)(=O)N1CCC(C)CC1. The standard InChI is InChI=1S/C12H24N2O4S/c1-4-13(9-11(3)12(15)16)19(17,18)14-7-5-10(2)6-8-14/h10-11H,4-9H2,1-3H3,(H,15,16). The molecule has 1 unspecified atom stereocenters. The summed E-state index contributed by atoms with van der Waals surface area (Å²) < 4.78 is 27.6. The zero-order valence-corrected chi connectivity index (χ0v) is 12.7. The van der Waals surface area contributed by atoms with Gasteiger partial charge in [0, 0.05) is 26.2 Å². The zero-order valence-electron chi connectivity index (χ0n) is 11.9. The predicted octanol–water partition coefficient (Wildman–Crippen LogP) is 1.01. The summed E-state index contributed by atoms with van der Waals surface area (Å²) >= 11 is 0. The van der Waals surface area contributed by atoms with E-state index in [1.807, 2.05) is 0 Å². The van der Waals surface area contributed by atoms with Gasteiger partial charge in [-0.05, 0) is 18.8 Å². The van der Waals surface area contributed by atoms with Gasteiger partial charge < -0.3 is 5.11 Å². The summed E-state index contributed by atoms with van der Waals surface area (Å²) in [5.41, 5.74) is 0. The maximum absolute atomic E-state index is 12.4. The molecule has 0 aliphatic carbocycles. The van der Waals surface area contributed by atoms with Crippen LogP contribution in [-0.2, 0) is 15.0 Å². The first-order valence-corrected chi connectivity index (χ1v) is 8.16. The molecule has 1 N–H and O–H groups in total. The van der Waals surface area contributed by atoms with Crippen LogP contribution in [0.3, 0.4) is 0 Å². The molecule has 1 fully saturated rings. The molecule has 0 aromatic carbocycles. The van der Waals surface area contributed by atoms with Crippen molar-refractivity contribution < 1.29 is 18.3 Å². The second-order valence-electron chi connectivity index (χ2n) is 5.28. The molecule has 6 nitrogen and oxygen atoms in total. The summed E-state index contributed by atoms with van der Waals surface area (Å²) in [6, 6.07) is 0. The Morgan fingerprint density at radius 2 is 1.95 bits per heavy atom. The molecule has 0 radical (unpaired) electrons. The van der Waals surface area contributed by atoms with Crippen molar-refractivity contribution in [2.45, 2.75) is 33.6 Å². The van der Waals surface area contributed by atoms with E-state index in [0.29, 0.717) is 25.6 Å². The molecule has 19 heavy (non-hydrogen) atoms. The Labute approximate surface area is 115 Å². The second-order valence-corrected chi connectivity index (χ2v) is 7.21. The minimum Gasteiger partial charge on any atom is -0.481 e. The number of nitrogens with zero attached hydrogens (tertiary/aromatic N) is 2. The third-order valence-corrected chi connectivity index (χ3v) is 5.72. The fraction of sp³-hybridized carbons (Fsp3) is 0.917. The maximum atomic E-state index is 12.4. The number of hydrogen-bond donors (Lipinski definition) is 1. The molecule has 1 heterocycles. The van der Waals surface area contributed by atoms with Crippen molar-refractivity contribution in [1.29, 1.82) is 0 Å². The highest BCUT2D eigenvalue weighted by Crippen LogP contribution is 2.21. The Morgan fingerprint density at radius 3 is 2.37 bits per heavy atom. The molecular formula is C12H24N2O4S. The van der Waals surface area contributed by atoms with E-state index in [-0.39, 0.29) is 6.54 Å². The molecule has 7 heteroatoms. The molecule has 0 aromatic rings. The van der Waals surface area contributed by atoms with Gasteiger partial charge in [0.2, 0.25) is 0 Å². The van der Waals surface area contributed by atoms with Crippen LogP contribution in [0.1, 0.15) is 33.6 Å². The van der Waals surface area contributed by atoms with Crippen molar-refractivity contribution in [3.05, 3.63) is 0 Å². The quantitative estimate of drug-likeness (QED) is 0.792. The van der Waals surface area contributed by atoms with Gasteiger partial charge in [-0.1, -0.05) is 20.8 Å². The lowest BCUT2D eigenvalue weighted by Crippen LogP contribution is -2.48. The molecule has 0 saturated carbocycles. The van der Waals surface area contributed by atoms with Crippen molar-refractivity contribution in [2.24, 2.45) is 11.8 Å². The number of aliphatic carboxylic acids is 1. The molecule has 112 valence electrons. The van der Waals surface area contributed by atoms with Crippen LogP contribution in [0.4, 0.5) is 0 Å². The van der Waals surface area contributed by atoms with E-state index in [1.54, 1.807) is 6.92 Å². The van der Waals surface area contributed by atoms with E-state index >= 15 is 0 Å². The summed E-state index contributed by atoms with van der Waals surface area (Å²) in [7, 11) is -3.52. The number of carboxylic acids is 1. The van der Waals surface area contributed by atoms with Gasteiger partial charge in [0.15, 0.2) is 0 Å². The smallest absolute Gasteiger partial charge is 0.307 e. The minimum absolute atomic E-state index is 0.0280. The van der Waals surface area contributed by atoms with Crippen LogP contribution < -0.4 is 0 Å². The minimum atomic E-state index is -3.52. The molecule has 1 aliphatic heterocycles. The molecule has 1 atom stereocenters. The molecule has 0 spiro atoms. The van der Waals surface area contributed by atoms with E-state index in [4.69, 9.17) is 5.11 Å². The lowest BCUT2D eigenvalue weighted by molar-refractivity contribution is -0.141. The lowest BCUT2D eigenvalue weighted by atomic mass is 10.0. The van der Waals surface area contributed by atoms with Crippen molar-refractivity contribution in [3.63, 3.8) is 0 Å². The van der Waals surface area contributed by atoms with E-state index in [0.717, 1.165) is 12.8 Å². The Balaban J connectivity index is 2.75. The Hall–Kier alpha value is -0.660. The van der Waals surface area contributed by atoms with E-state index in [1.165, 1.54) is 15.5 Å². The molecule has 0 bridgehead atoms. The van der Waals surface area contributed by atoms with E-state index in [9.17, 15) is 13.2 Å². The van der Waals surface area contributed by atoms with Crippen LogP contribution in [0.5, 0.6) is 0 Å². The van der Waals surface area contributed by atoms with Gasteiger partial charge in [-0.2, -0.15) is 17.0 Å². The number of rotatable bonds is 6. The Bertz CT molecular complexity index is 402. The number of carboxylic acid groups (broad SMARTS) is 1. The van der Waals surface area contributed by atoms with Gasteiger partial charge in [0.25, 0.3) is 10.2 Å². The van der Waals surface area contributed by atoms with Crippen molar-refractivity contribution in [3.8, 4) is 0 Å². The van der Waals surface area contributed by atoms with Crippen molar-refractivity contribution in [1.82, 2.24) is 8.61 Å². The van der Waals surface area contributed by atoms with Gasteiger partial charge >= 0.3 is 5.97 Å². The Kier molecular flexibility index (Phi) is 5.76. The molecule has 1 rings (SSSR count). The summed E-state index contributed by atoms with van der Waals surface area (Å²) in [4.78, 5) is 10.9. The highest BCUT2D eigenvalue weighted by atomic mass is 32.2. The topological polar surface area (TPSA) is 77.9 Å². The fourth-order valence-electron chi connectivity index (χ4n) is 2.15. The van der Waals surface area contributed by atoms with Crippen LogP contribution in [-0.4, -0.2) is 54.3 Å². The molecule has 0 aromatic heterocycles. The van der Waals surface area contributed by atoms with Gasteiger partial charge in [-0.3, -0.25) is 4.79 Å². The largest absolute Gasteiger partial charge is 0.481 e. The summed E-state index contributed by atoms with van der Waals surface area (Å²) in [5.74, 6) is -1.11. The van der Waals surface area contributed by atoms with Crippen molar-refractivity contribution >= 4 is 16.2 Å². The summed E-state index contributed by atoms with van der Waals surface area (Å²) in [6.07, 6.45) is 1.73. The van der Waals surface area contributed by atoms with Crippen molar-refractivity contribution in [2.75, 3.05) is 26.2 Å². The highest BCUT2D eigenvalue weighted by Gasteiger charge is 2.32. The molecule has 0 amide bonds. The lowest BCUT2D eigenvalue weighted by Gasteiger charge is -2.34. The fourth-order valence-corrected chi connectivity index (χ4v) is 3.89. The number of piperidine rings is 1.